The first kappa shape index (κ1) is 9.97. The van der Waals surface area contributed by atoms with Crippen LogP contribution in [0.3, 0.4) is 0 Å². The molecule has 0 spiro atoms. The van der Waals surface area contributed by atoms with Crippen molar-refractivity contribution >= 4 is 0 Å². The molecule has 0 saturated carbocycles. The van der Waals surface area contributed by atoms with Gasteiger partial charge in [0.05, 0.1) is 12.2 Å². The van der Waals surface area contributed by atoms with Crippen LogP contribution >= 0.6 is 0 Å². The molecular weight excluding hydrogens is 155 g/mol. The predicted octanol–water partition coefficient (Wildman–Crippen LogP) is 2.79. The summed E-state index contributed by atoms with van der Waals surface area (Å²) in [6, 6.07) is 0. The molecular formula is C10H19FO. The summed E-state index contributed by atoms with van der Waals surface area (Å²) in [5.41, 5.74) is 0. The molecule has 1 heterocycles. The lowest BCUT2D eigenvalue weighted by atomic mass is 9.82. The molecule has 5 unspecified atom stereocenters. The van der Waals surface area contributed by atoms with E-state index in [9.17, 15) is 4.39 Å². The highest BCUT2D eigenvalue weighted by atomic mass is 19.1. The molecule has 0 bridgehead atoms. The van der Waals surface area contributed by atoms with Crippen LogP contribution in [0.15, 0.2) is 0 Å². The average molecular weight is 174 g/mol. The third kappa shape index (κ3) is 1.63. The van der Waals surface area contributed by atoms with Gasteiger partial charge in [0.2, 0.25) is 0 Å². The van der Waals surface area contributed by atoms with Crippen LogP contribution in [0.4, 0.5) is 4.39 Å². The van der Waals surface area contributed by atoms with Crippen LogP contribution in [0.5, 0.6) is 0 Å². The first-order valence-corrected chi connectivity index (χ1v) is 4.87. The van der Waals surface area contributed by atoms with Gasteiger partial charge in [0.1, 0.15) is 6.17 Å². The fraction of sp³-hybridized carbons (Fsp3) is 1.00. The van der Waals surface area contributed by atoms with Gasteiger partial charge in [0, 0.05) is 0 Å². The standard InChI is InChI=1S/C10H19FO/c1-5-9-10(11)7(3)6(2)8(4)12-9/h6-10H,5H2,1-4H3. The van der Waals surface area contributed by atoms with Crippen molar-refractivity contribution in [2.24, 2.45) is 11.8 Å². The molecule has 1 nitrogen and oxygen atoms in total. The molecule has 1 aliphatic rings. The van der Waals surface area contributed by atoms with E-state index in [1.807, 2.05) is 20.8 Å². The van der Waals surface area contributed by atoms with E-state index < -0.39 is 6.17 Å². The minimum atomic E-state index is -0.777. The van der Waals surface area contributed by atoms with Crippen LogP contribution in [-0.2, 0) is 4.74 Å². The predicted molar refractivity (Wildman–Crippen MR) is 47.9 cm³/mol. The number of rotatable bonds is 1. The number of hydrogen-bond acceptors (Lipinski definition) is 1. The van der Waals surface area contributed by atoms with Gasteiger partial charge in [-0.1, -0.05) is 20.8 Å². The smallest absolute Gasteiger partial charge is 0.129 e. The molecule has 0 amide bonds. The topological polar surface area (TPSA) is 9.23 Å². The molecule has 1 aliphatic heterocycles. The second-order valence-electron chi connectivity index (χ2n) is 3.95. The molecule has 1 saturated heterocycles. The molecule has 0 N–H and O–H groups in total. The van der Waals surface area contributed by atoms with Gasteiger partial charge in [-0.3, -0.25) is 0 Å². The zero-order valence-electron chi connectivity index (χ0n) is 8.38. The van der Waals surface area contributed by atoms with Crippen LogP contribution in [0.2, 0.25) is 0 Å². The minimum Gasteiger partial charge on any atom is -0.372 e. The van der Waals surface area contributed by atoms with Crippen molar-refractivity contribution in [2.75, 3.05) is 0 Å². The molecule has 0 aromatic heterocycles. The van der Waals surface area contributed by atoms with Gasteiger partial charge < -0.3 is 4.74 Å². The maximum Gasteiger partial charge on any atom is 0.129 e. The van der Waals surface area contributed by atoms with E-state index in [1.165, 1.54) is 0 Å². The highest BCUT2D eigenvalue weighted by Gasteiger charge is 2.38. The molecule has 12 heavy (non-hydrogen) atoms. The average Bonchev–Trinajstić information content (AvgIpc) is 2.08. The molecule has 1 fully saturated rings. The summed E-state index contributed by atoms with van der Waals surface area (Å²) in [6.45, 7) is 8.06. The Morgan fingerprint density at radius 3 is 2.25 bits per heavy atom. The van der Waals surface area contributed by atoms with E-state index in [1.54, 1.807) is 0 Å². The van der Waals surface area contributed by atoms with Crippen LogP contribution in [-0.4, -0.2) is 18.4 Å². The zero-order chi connectivity index (χ0) is 9.30. The van der Waals surface area contributed by atoms with Crippen molar-refractivity contribution in [3.8, 4) is 0 Å². The van der Waals surface area contributed by atoms with Crippen molar-refractivity contribution in [1.82, 2.24) is 0 Å². The van der Waals surface area contributed by atoms with Gasteiger partial charge in [-0.25, -0.2) is 4.39 Å². The zero-order valence-corrected chi connectivity index (χ0v) is 8.38. The second kappa shape index (κ2) is 3.73. The van der Waals surface area contributed by atoms with E-state index in [0.29, 0.717) is 5.92 Å². The summed E-state index contributed by atoms with van der Waals surface area (Å²) in [7, 11) is 0. The van der Waals surface area contributed by atoms with Gasteiger partial charge in [-0.2, -0.15) is 0 Å². The lowest BCUT2D eigenvalue weighted by Gasteiger charge is -2.39. The summed E-state index contributed by atoms with van der Waals surface area (Å²) in [5, 5.41) is 0. The van der Waals surface area contributed by atoms with E-state index in [4.69, 9.17) is 4.74 Å². The third-order valence-corrected chi connectivity index (χ3v) is 3.22. The maximum atomic E-state index is 13.5. The SMILES string of the molecule is CCC1OC(C)C(C)C(C)C1F. The lowest BCUT2D eigenvalue weighted by molar-refractivity contribution is -0.137. The number of hydrogen-bond donors (Lipinski definition) is 0. The summed E-state index contributed by atoms with van der Waals surface area (Å²) >= 11 is 0. The van der Waals surface area contributed by atoms with E-state index in [0.717, 1.165) is 6.42 Å². The summed E-state index contributed by atoms with van der Waals surface area (Å²) < 4.78 is 19.1. The lowest BCUT2D eigenvalue weighted by Crippen LogP contribution is -2.45. The van der Waals surface area contributed by atoms with Crippen molar-refractivity contribution in [3.05, 3.63) is 0 Å². The highest BCUT2D eigenvalue weighted by molar-refractivity contribution is 4.85. The van der Waals surface area contributed by atoms with Gasteiger partial charge in [0.15, 0.2) is 0 Å². The number of halogens is 1. The largest absolute Gasteiger partial charge is 0.372 e. The normalized spacial score (nSPS) is 49.2. The first-order chi connectivity index (χ1) is 5.57. The number of alkyl halides is 1. The van der Waals surface area contributed by atoms with Crippen molar-refractivity contribution in [1.29, 1.82) is 0 Å². The minimum absolute atomic E-state index is 0.138. The maximum absolute atomic E-state index is 13.5. The summed E-state index contributed by atoms with van der Waals surface area (Å²) in [5.74, 6) is 0.474. The Hall–Kier alpha value is -0.110. The molecule has 5 atom stereocenters. The second-order valence-corrected chi connectivity index (χ2v) is 3.95. The van der Waals surface area contributed by atoms with Crippen LogP contribution in [0.1, 0.15) is 34.1 Å². The van der Waals surface area contributed by atoms with Crippen LogP contribution in [0, 0.1) is 11.8 Å². The van der Waals surface area contributed by atoms with Crippen molar-refractivity contribution in [2.45, 2.75) is 52.5 Å². The monoisotopic (exact) mass is 174 g/mol. The highest BCUT2D eigenvalue weighted by Crippen LogP contribution is 2.33. The van der Waals surface area contributed by atoms with Crippen molar-refractivity contribution < 1.29 is 9.13 Å². The van der Waals surface area contributed by atoms with Crippen LogP contribution in [0.25, 0.3) is 0 Å². The summed E-state index contributed by atoms with van der Waals surface area (Å²) in [6.07, 6.45) is 0.0344. The Kier molecular flexibility index (Phi) is 3.10. The molecule has 0 radical (unpaired) electrons. The fourth-order valence-electron chi connectivity index (χ4n) is 1.85. The Balaban J connectivity index is 2.63. The Bertz CT molecular complexity index is 144. The van der Waals surface area contributed by atoms with E-state index >= 15 is 0 Å². The van der Waals surface area contributed by atoms with Gasteiger partial charge in [0.25, 0.3) is 0 Å². The van der Waals surface area contributed by atoms with Gasteiger partial charge in [-0.15, -0.1) is 0 Å². The summed E-state index contributed by atoms with van der Waals surface area (Å²) in [4.78, 5) is 0. The Morgan fingerprint density at radius 2 is 1.75 bits per heavy atom. The molecule has 72 valence electrons. The Labute approximate surface area is 74.3 Å². The quantitative estimate of drug-likeness (QED) is 0.594. The van der Waals surface area contributed by atoms with Crippen LogP contribution < -0.4 is 0 Å². The molecule has 2 heteroatoms. The van der Waals surface area contributed by atoms with E-state index in [2.05, 4.69) is 6.92 Å². The van der Waals surface area contributed by atoms with Gasteiger partial charge in [-0.05, 0) is 25.2 Å². The van der Waals surface area contributed by atoms with Gasteiger partial charge >= 0.3 is 0 Å². The number of ether oxygens (including phenoxy) is 1. The Morgan fingerprint density at radius 1 is 1.17 bits per heavy atom. The molecule has 0 aromatic rings. The fourth-order valence-corrected chi connectivity index (χ4v) is 1.85. The van der Waals surface area contributed by atoms with Crippen molar-refractivity contribution in [3.63, 3.8) is 0 Å². The molecule has 1 rings (SSSR count). The molecule has 0 aromatic carbocycles. The third-order valence-electron chi connectivity index (χ3n) is 3.22. The first-order valence-electron chi connectivity index (χ1n) is 4.87. The van der Waals surface area contributed by atoms with E-state index in [-0.39, 0.29) is 18.1 Å². The molecule has 0 aliphatic carbocycles.